The minimum Gasteiger partial charge on any atom is -1.00 e. The monoisotopic (exact) mass is 421 g/mol. The Bertz CT molecular complexity index is 633. The van der Waals surface area contributed by atoms with E-state index in [-0.39, 0.29) is 17.0 Å². The summed E-state index contributed by atoms with van der Waals surface area (Å²) < 4.78 is 6.83. The average molecular weight is 422 g/mol. The number of aliphatic hydroxyl groups excluding tert-OH is 1. The lowest BCUT2D eigenvalue weighted by Gasteiger charge is -2.23. The fraction of sp³-hybridized carbons (Fsp3) is 0.455. The predicted octanol–water partition coefficient (Wildman–Crippen LogP) is 1.34. The highest BCUT2D eigenvalue weighted by Crippen LogP contribution is 2.24. The lowest BCUT2D eigenvalue weighted by molar-refractivity contribution is -0.870. The molecule has 0 saturated heterocycles. The number of aliphatic hydroxyl groups is 1. The van der Waals surface area contributed by atoms with Crippen molar-refractivity contribution in [3.8, 4) is 5.75 Å². The second-order valence-electron chi connectivity index (χ2n) is 7.81. The third kappa shape index (κ3) is 7.90. The van der Waals surface area contributed by atoms with Crippen molar-refractivity contribution in [2.45, 2.75) is 32.3 Å². The Hall–Kier alpha value is -1.36. The molecule has 3 nitrogen and oxygen atoms in total. The summed E-state index contributed by atoms with van der Waals surface area (Å²) in [6, 6.07) is 15.8. The van der Waals surface area contributed by atoms with Gasteiger partial charge in [-0.3, -0.25) is 0 Å². The number of rotatable bonds is 9. The Morgan fingerprint density at radius 1 is 0.846 bits per heavy atom. The van der Waals surface area contributed by atoms with Crippen molar-refractivity contribution < 1.29 is 31.3 Å². The Kier molecular flexibility index (Phi) is 9.34. The van der Waals surface area contributed by atoms with Gasteiger partial charge >= 0.3 is 0 Å². The fourth-order valence-corrected chi connectivity index (χ4v) is 2.74. The standard InChI is InChI=1S/C22H32NO2.BrH/c1-18-8-10-19(11-9-18)22(24)20-12-14-21(15-13-20)25-17-7-5-6-16-23(2,3)4;/h8-15,22,24H,5-7,16-17H2,1-4H3;1H/q+1;/p-1. The van der Waals surface area contributed by atoms with Gasteiger partial charge in [0, 0.05) is 0 Å². The minimum absolute atomic E-state index is 0. The molecule has 0 amide bonds. The Labute approximate surface area is 169 Å². The van der Waals surface area contributed by atoms with E-state index in [1.165, 1.54) is 24.9 Å². The topological polar surface area (TPSA) is 29.5 Å². The van der Waals surface area contributed by atoms with Gasteiger partial charge in [-0.15, -0.1) is 0 Å². The number of quaternary nitrogens is 1. The number of ether oxygens (including phenoxy) is 1. The van der Waals surface area contributed by atoms with Crippen molar-refractivity contribution in [1.82, 2.24) is 0 Å². The summed E-state index contributed by atoms with van der Waals surface area (Å²) in [7, 11) is 6.68. The number of aryl methyl sites for hydroxylation is 1. The first-order chi connectivity index (χ1) is 11.8. The predicted molar refractivity (Wildman–Crippen MR) is 104 cm³/mol. The van der Waals surface area contributed by atoms with Crippen molar-refractivity contribution in [3.63, 3.8) is 0 Å². The average Bonchev–Trinajstić information content (AvgIpc) is 2.58. The normalized spacial score (nSPS) is 12.3. The molecule has 4 heteroatoms. The van der Waals surface area contributed by atoms with Gasteiger partial charge in [-0.25, -0.2) is 0 Å². The Balaban J connectivity index is 0.00000338. The van der Waals surface area contributed by atoms with Gasteiger partial charge in [-0.05, 0) is 49.4 Å². The molecule has 0 aliphatic heterocycles. The summed E-state index contributed by atoms with van der Waals surface area (Å²) in [5, 5.41) is 10.5. The van der Waals surface area contributed by atoms with Crippen LogP contribution in [0.2, 0.25) is 0 Å². The smallest absolute Gasteiger partial charge is 0.119 e. The van der Waals surface area contributed by atoms with Crippen LogP contribution in [0.3, 0.4) is 0 Å². The molecule has 0 heterocycles. The third-order valence-electron chi connectivity index (χ3n) is 4.33. The maximum Gasteiger partial charge on any atom is 0.119 e. The van der Waals surface area contributed by atoms with E-state index in [2.05, 4.69) is 21.1 Å². The minimum atomic E-state index is -0.592. The van der Waals surface area contributed by atoms with Gasteiger partial charge in [0.1, 0.15) is 11.9 Å². The number of nitrogens with zero attached hydrogens (tertiary/aromatic N) is 1. The largest absolute Gasteiger partial charge is 1.00 e. The van der Waals surface area contributed by atoms with Gasteiger partial charge in [-0.1, -0.05) is 42.0 Å². The zero-order chi connectivity index (χ0) is 18.3. The highest BCUT2D eigenvalue weighted by molar-refractivity contribution is 5.34. The van der Waals surface area contributed by atoms with Gasteiger partial charge in [0.25, 0.3) is 0 Å². The quantitative estimate of drug-likeness (QED) is 0.488. The van der Waals surface area contributed by atoms with Gasteiger partial charge in [0.05, 0.1) is 34.3 Å². The van der Waals surface area contributed by atoms with Crippen LogP contribution in [0.25, 0.3) is 0 Å². The maximum atomic E-state index is 10.5. The molecule has 1 N–H and O–H groups in total. The van der Waals surface area contributed by atoms with Crippen LogP contribution in [0, 0.1) is 6.92 Å². The summed E-state index contributed by atoms with van der Waals surface area (Å²) in [4.78, 5) is 0. The molecule has 0 fully saturated rings. The second kappa shape index (κ2) is 10.7. The molecule has 0 aromatic heterocycles. The van der Waals surface area contributed by atoms with Crippen LogP contribution in [0.5, 0.6) is 5.75 Å². The molecular formula is C22H32BrNO2. The van der Waals surface area contributed by atoms with Crippen LogP contribution in [0.4, 0.5) is 0 Å². The Morgan fingerprint density at radius 3 is 1.92 bits per heavy atom. The van der Waals surface area contributed by atoms with Crippen LogP contribution >= 0.6 is 0 Å². The molecule has 26 heavy (non-hydrogen) atoms. The number of unbranched alkanes of at least 4 members (excludes halogenated alkanes) is 2. The molecule has 0 radical (unpaired) electrons. The number of halogens is 1. The van der Waals surface area contributed by atoms with Crippen LogP contribution in [-0.4, -0.2) is 43.9 Å². The molecule has 0 spiro atoms. The number of hydrogen-bond acceptors (Lipinski definition) is 2. The molecule has 2 aromatic carbocycles. The molecule has 2 rings (SSSR count). The summed E-state index contributed by atoms with van der Waals surface area (Å²) in [5.41, 5.74) is 3.00. The lowest BCUT2D eigenvalue weighted by Crippen LogP contribution is -3.00. The molecular weight excluding hydrogens is 390 g/mol. The summed E-state index contributed by atoms with van der Waals surface area (Å²) in [6.07, 6.45) is 2.91. The van der Waals surface area contributed by atoms with Crippen LogP contribution < -0.4 is 21.7 Å². The fourth-order valence-electron chi connectivity index (χ4n) is 2.74. The van der Waals surface area contributed by atoms with Crippen molar-refractivity contribution in [1.29, 1.82) is 0 Å². The van der Waals surface area contributed by atoms with E-state index in [1.54, 1.807) is 0 Å². The SMILES string of the molecule is Cc1ccc(C(O)c2ccc(OCCCCC[N+](C)(C)C)cc2)cc1.[Br-]. The first-order valence-electron chi connectivity index (χ1n) is 9.13. The van der Waals surface area contributed by atoms with Crippen molar-refractivity contribution in [3.05, 3.63) is 65.2 Å². The molecule has 0 saturated carbocycles. The van der Waals surface area contributed by atoms with Crippen molar-refractivity contribution in [2.24, 2.45) is 0 Å². The van der Waals surface area contributed by atoms with Crippen LogP contribution in [-0.2, 0) is 0 Å². The summed E-state index contributed by atoms with van der Waals surface area (Å²) in [5.74, 6) is 0.867. The number of benzene rings is 2. The third-order valence-corrected chi connectivity index (χ3v) is 4.33. The van der Waals surface area contributed by atoms with E-state index >= 15 is 0 Å². The Morgan fingerprint density at radius 2 is 1.38 bits per heavy atom. The molecule has 1 unspecified atom stereocenters. The zero-order valence-electron chi connectivity index (χ0n) is 16.4. The molecule has 0 aliphatic rings. The van der Waals surface area contributed by atoms with Crippen LogP contribution in [0.15, 0.2) is 48.5 Å². The van der Waals surface area contributed by atoms with Gasteiger partial charge in [0.15, 0.2) is 0 Å². The first kappa shape index (κ1) is 22.7. The van der Waals surface area contributed by atoms with Crippen molar-refractivity contribution in [2.75, 3.05) is 34.3 Å². The van der Waals surface area contributed by atoms with E-state index in [0.717, 1.165) is 34.4 Å². The highest BCUT2D eigenvalue weighted by Gasteiger charge is 2.10. The molecule has 2 aromatic rings. The number of hydrogen-bond donors (Lipinski definition) is 1. The highest BCUT2D eigenvalue weighted by atomic mass is 79.9. The van der Waals surface area contributed by atoms with E-state index in [9.17, 15) is 5.11 Å². The first-order valence-corrected chi connectivity index (χ1v) is 9.13. The van der Waals surface area contributed by atoms with E-state index in [1.807, 2.05) is 55.5 Å². The van der Waals surface area contributed by atoms with Crippen molar-refractivity contribution >= 4 is 0 Å². The second-order valence-corrected chi connectivity index (χ2v) is 7.81. The van der Waals surface area contributed by atoms with Crippen LogP contribution in [0.1, 0.15) is 42.1 Å². The lowest BCUT2D eigenvalue weighted by atomic mass is 10.0. The van der Waals surface area contributed by atoms with Gasteiger partial charge in [0.2, 0.25) is 0 Å². The summed E-state index contributed by atoms with van der Waals surface area (Å²) >= 11 is 0. The summed E-state index contributed by atoms with van der Waals surface area (Å²) in [6.45, 7) is 3.99. The maximum absolute atomic E-state index is 10.5. The zero-order valence-corrected chi connectivity index (χ0v) is 18.0. The van der Waals surface area contributed by atoms with E-state index in [4.69, 9.17) is 4.74 Å². The molecule has 0 aliphatic carbocycles. The van der Waals surface area contributed by atoms with E-state index < -0.39 is 6.10 Å². The van der Waals surface area contributed by atoms with E-state index in [0.29, 0.717) is 0 Å². The van der Waals surface area contributed by atoms with Gasteiger partial charge < -0.3 is 31.3 Å². The molecule has 144 valence electrons. The van der Waals surface area contributed by atoms with Gasteiger partial charge in [-0.2, -0.15) is 0 Å². The molecule has 1 atom stereocenters. The molecule has 0 bridgehead atoms.